The lowest BCUT2D eigenvalue weighted by Gasteiger charge is -2.11. The minimum absolute atomic E-state index is 0.159. The highest BCUT2D eigenvalue weighted by Crippen LogP contribution is 2.65. The van der Waals surface area contributed by atoms with Crippen molar-refractivity contribution < 1.29 is 9.59 Å². The second-order valence-electron chi connectivity index (χ2n) is 7.45. The van der Waals surface area contributed by atoms with Gasteiger partial charge in [0.05, 0.1) is 27.2 Å². The first-order chi connectivity index (χ1) is 15.6. The van der Waals surface area contributed by atoms with Crippen molar-refractivity contribution in [2.75, 3.05) is 10.6 Å². The Morgan fingerprint density at radius 2 is 1.45 bits per heavy atom. The molecule has 0 aliphatic heterocycles. The summed E-state index contributed by atoms with van der Waals surface area (Å²) >= 11 is 37.3. The number of benzene rings is 3. The van der Waals surface area contributed by atoms with Gasteiger partial charge >= 0.3 is 0 Å². The molecule has 1 fully saturated rings. The van der Waals surface area contributed by atoms with Crippen LogP contribution in [0.2, 0.25) is 20.1 Å². The maximum absolute atomic E-state index is 12.9. The molecule has 1 saturated carbocycles. The zero-order chi connectivity index (χ0) is 23.9. The molecule has 1 aliphatic carbocycles. The summed E-state index contributed by atoms with van der Waals surface area (Å²) in [6.07, 6.45) is 0. The Bertz CT molecular complexity index is 1240. The van der Waals surface area contributed by atoms with E-state index in [1.54, 1.807) is 48.5 Å². The van der Waals surface area contributed by atoms with Crippen LogP contribution in [0, 0.1) is 5.92 Å². The van der Waals surface area contributed by atoms with Gasteiger partial charge in [-0.15, -0.1) is 23.2 Å². The van der Waals surface area contributed by atoms with Gasteiger partial charge in [-0.3, -0.25) is 9.59 Å². The number of hydrogen-bond acceptors (Lipinski definition) is 2. The molecule has 2 unspecified atom stereocenters. The van der Waals surface area contributed by atoms with E-state index in [1.807, 2.05) is 0 Å². The lowest BCUT2D eigenvalue weighted by Crippen LogP contribution is -2.18. The lowest BCUT2D eigenvalue weighted by atomic mass is 10.1. The van der Waals surface area contributed by atoms with E-state index in [4.69, 9.17) is 69.6 Å². The SMILES string of the molecule is O=C(Nc1ccccc1Cl)c1cc(NC(=O)C2C(c3cc(Cl)cc(Cl)c3)C2(Cl)Cl)ccc1Cl. The first kappa shape index (κ1) is 24.5. The van der Waals surface area contributed by atoms with E-state index in [2.05, 4.69) is 10.6 Å². The maximum Gasteiger partial charge on any atom is 0.257 e. The number of hydrogen-bond donors (Lipinski definition) is 2. The molecule has 2 N–H and O–H groups in total. The Morgan fingerprint density at radius 1 is 0.788 bits per heavy atom. The van der Waals surface area contributed by atoms with E-state index in [0.29, 0.717) is 32.0 Å². The van der Waals surface area contributed by atoms with Crippen molar-refractivity contribution in [3.8, 4) is 0 Å². The predicted octanol–water partition coefficient (Wildman–Crippen LogP) is 8.08. The van der Waals surface area contributed by atoms with Crippen molar-refractivity contribution in [2.24, 2.45) is 5.92 Å². The third-order valence-corrected chi connectivity index (χ3v) is 7.22. The molecule has 0 spiro atoms. The molecule has 1 aliphatic rings. The standard InChI is InChI=1S/C23H14Cl6N2O2/c24-12-7-11(8-13(25)9-12)19-20(23(19,28)29)22(33)30-14-5-6-16(26)15(10-14)21(32)31-18-4-2-1-3-17(18)27/h1-10,19-20H,(H,30,33)(H,31,32). The molecular formula is C23H14Cl6N2O2. The van der Waals surface area contributed by atoms with Crippen molar-refractivity contribution in [1.82, 2.24) is 0 Å². The summed E-state index contributed by atoms with van der Waals surface area (Å²) in [6.45, 7) is 0. The van der Waals surface area contributed by atoms with Gasteiger partial charge in [0.2, 0.25) is 5.91 Å². The van der Waals surface area contributed by atoms with Gasteiger partial charge in [0.1, 0.15) is 4.33 Å². The molecule has 10 heteroatoms. The van der Waals surface area contributed by atoms with Crippen molar-refractivity contribution in [2.45, 2.75) is 10.3 Å². The predicted molar refractivity (Wildman–Crippen MR) is 137 cm³/mol. The second kappa shape index (κ2) is 9.53. The Balaban J connectivity index is 1.52. The number of carbonyl (C=O) groups excluding carboxylic acids is 2. The Labute approximate surface area is 220 Å². The van der Waals surface area contributed by atoms with E-state index in [0.717, 1.165) is 0 Å². The number of rotatable bonds is 5. The minimum Gasteiger partial charge on any atom is -0.326 e. The Kier molecular flexibility index (Phi) is 7.07. The smallest absolute Gasteiger partial charge is 0.257 e. The van der Waals surface area contributed by atoms with Gasteiger partial charge in [0.15, 0.2) is 0 Å². The van der Waals surface area contributed by atoms with Gasteiger partial charge in [-0.05, 0) is 54.1 Å². The molecule has 3 aromatic carbocycles. The highest BCUT2D eigenvalue weighted by Gasteiger charge is 2.67. The topological polar surface area (TPSA) is 58.2 Å². The van der Waals surface area contributed by atoms with Crippen molar-refractivity contribution in [1.29, 1.82) is 0 Å². The van der Waals surface area contributed by atoms with Crippen molar-refractivity contribution in [3.63, 3.8) is 0 Å². The highest BCUT2D eigenvalue weighted by molar-refractivity contribution is 6.53. The van der Waals surface area contributed by atoms with Gasteiger partial charge in [0, 0.05) is 21.7 Å². The van der Waals surface area contributed by atoms with Crippen LogP contribution in [0.25, 0.3) is 0 Å². The number of nitrogens with one attached hydrogen (secondary N) is 2. The zero-order valence-electron chi connectivity index (χ0n) is 16.5. The molecule has 2 atom stereocenters. The molecule has 3 aromatic rings. The Morgan fingerprint density at radius 3 is 2.12 bits per heavy atom. The van der Waals surface area contributed by atoms with Crippen molar-refractivity contribution in [3.05, 3.63) is 91.9 Å². The molecule has 4 nitrogen and oxygen atoms in total. The monoisotopic (exact) mass is 560 g/mol. The van der Waals surface area contributed by atoms with E-state index in [1.165, 1.54) is 12.1 Å². The summed E-state index contributed by atoms with van der Waals surface area (Å²) in [5.74, 6) is -2.13. The number of alkyl halides is 2. The van der Waals surface area contributed by atoms with E-state index in [9.17, 15) is 9.59 Å². The maximum atomic E-state index is 12.9. The normalized spacial score (nSPS) is 18.5. The number of anilines is 2. The van der Waals surface area contributed by atoms with Crippen LogP contribution in [-0.4, -0.2) is 16.1 Å². The van der Waals surface area contributed by atoms with Gasteiger partial charge in [-0.25, -0.2) is 0 Å². The van der Waals surface area contributed by atoms with Gasteiger partial charge in [-0.2, -0.15) is 0 Å². The van der Waals surface area contributed by atoms with Gasteiger partial charge in [-0.1, -0.05) is 58.5 Å². The number of amides is 2. The number of para-hydroxylation sites is 1. The lowest BCUT2D eigenvalue weighted by molar-refractivity contribution is -0.117. The molecule has 0 aromatic heterocycles. The molecule has 0 bridgehead atoms. The fourth-order valence-electron chi connectivity index (χ4n) is 3.57. The first-order valence-electron chi connectivity index (χ1n) is 9.58. The van der Waals surface area contributed by atoms with Crippen LogP contribution >= 0.6 is 69.6 Å². The van der Waals surface area contributed by atoms with Crippen LogP contribution in [0.3, 0.4) is 0 Å². The number of halogens is 6. The quantitative estimate of drug-likeness (QED) is 0.309. The first-order valence-corrected chi connectivity index (χ1v) is 11.8. The summed E-state index contributed by atoms with van der Waals surface area (Å²) in [4.78, 5) is 25.7. The third-order valence-electron chi connectivity index (χ3n) is 5.18. The van der Waals surface area contributed by atoms with Gasteiger partial charge in [0.25, 0.3) is 5.91 Å². The van der Waals surface area contributed by atoms with E-state index in [-0.39, 0.29) is 10.6 Å². The minimum atomic E-state index is -1.32. The Hall–Kier alpha value is -1.66. The fourth-order valence-corrected chi connectivity index (χ4v) is 5.33. The molecule has 0 saturated heterocycles. The highest BCUT2D eigenvalue weighted by atomic mass is 35.5. The van der Waals surface area contributed by atoms with E-state index < -0.39 is 28.0 Å². The molecule has 0 radical (unpaired) electrons. The second-order valence-corrected chi connectivity index (χ2v) is 10.6. The van der Waals surface area contributed by atoms with Crippen LogP contribution in [0.4, 0.5) is 11.4 Å². The molecule has 4 rings (SSSR count). The molecule has 170 valence electrons. The number of carbonyl (C=O) groups is 2. The summed E-state index contributed by atoms with van der Waals surface area (Å²) in [7, 11) is 0. The summed E-state index contributed by atoms with van der Waals surface area (Å²) < 4.78 is -1.32. The van der Waals surface area contributed by atoms with Crippen LogP contribution < -0.4 is 10.6 Å². The molecule has 33 heavy (non-hydrogen) atoms. The largest absolute Gasteiger partial charge is 0.326 e. The van der Waals surface area contributed by atoms with Crippen LogP contribution in [0.15, 0.2) is 60.7 Å². The van der Waals surface area contributed by atoms with Crippen LogP contribution in [0.5, 0.6) is 0 Å². The molecule has 2 amide bonds. The van der Waals surface area contributed by atoms with Gasteiger partial charge < -0.3 is 10.6 Å². The zero-order valence-corrected chi connectivity index (χ0v) is 21.0. The summed E-state index contributed by atoms with van der Waals surface area (Å²) in [5.41, 5.74) is 1.61. The molecule has 0 heterocycles. The van der Waals surface area contributed by atoms with Crippen LogP contribution in [0.1, 0.15) is 21.8 Å². The van der Waals surface area contributed by atoms with E-state index >= 15 is 0 Å². The average Bonchev–Trinajstić information content (AvgIpc) is 3.32. The van der Waals surface area contributed by atoms with Crippen molar-refractivity contribution >= 4 is 92.8 Å². The molecular weight excluding hydrogens is 549 g/mol. The summed E-state index contributed by atoms with van der Waals surface area (Å²) in [6, 6.07) is 16.3. The third kappa shape index (κ3) is 5.22. The fraction of sp³-hybridized carbons (Fsp3) is 0.130. The summed E-state index contributed by atoms with van der Waals surface area (Å²) in [5, 5.41) is 6.87. The average molecular weight is 563 g/mol. The van der Waals surface area contributed by atoms with Crippen LogP contribution in [-0.2, 0) is 4.79 Å².